The molecule has 1 heterocycles. The maximum absolute atomic E-state index is 12.2. The van der Waals surface area contributed by atoms with Gasteiger partial charge in [-0.25, -0.2) is 8.42 Å². The number of likely N-dealkylation sites (N-methyl/N-ethyl adjacent to an activating group) is 1. The molecule has 0 saturated heterocycles. The molecule has 1 aromatic carbocycles. The average molecular weight is 352 g/mol. The van der Waals surface area contributed by atoms with E-state index >= 15 is 0 Å². The van der Waals surface area contributed by atoms with Gasteiger partial charge in [0.05, 0.1) is 17.1 Å². The van der Waals surface area contributed by atoms with Gasteiger partial charge in [0.15, 0.2) is 9.84 Å². The Morgan fingerprint density at radius 1 is 1.22 bits per heavy atom. The summed E-state index contributed by atoms with van der Waals surface area (Å²) < 4.78 is 23.5. The van der Waals surface area contributed by atoms with Crippen molar-refractivity contribution in [1.82, 2.24) is 4.90 Å². The molecule has 0 spiro atoms. The van der Waals surface area contributed by atoms with Crippen LogP contribution in [0.15, 0.2) is 46.7 Å². The highest BCUT2D eigenvalue weighted by Crippen LogP contribution is 2.20. The van der Waals surface area contributed by atoms with E-state index in [9.17, 15) is 13.2 Å². The monoisotopic (exact) mass is 352 g/mol. The number of para-hydroxylation sites is 1. The minimum atomic E-state index is -3.38. The number of nitrogens with one attached hydrogen (secondary N) is 1. The molecule has 0 aliphatic carbocycles. The Balaban J connectivity index is 2.04. The van der Waals surface area contributed by atoms with Crippen molar-refractivity contribution in [3.05, 3.63) is 46.7 Å². The van der Waals surface area contributed by atoms with Crippen LogP contribution in [-0.4, -0.2) is 38.6 Å². The lowest BCUT2D eigenvalue weighted by Gasteiger charge is -2.19. The van der Waals surface area contributed by atoms with E-state index in [2.05, 4.69) is 5.32 Å². The highest BCUT2D eigenvalue weighted by Gasteiger charge is 2.16. The summed E-state index contributed by atoms with van der Waals surface area (Å²) in [7, 11) is -3.38. The molecule has 1 aromatic heterocycles. The second kappa shape index (κ2) is 7.72. The van der Waals surface area contributed by atoms with Crippen molar-refractivity contribution in [2.24, 2.45) is 0 Å². The van der Waals surface area contributed by atoms with Crippen LogP contribution in [0.25, 0.3) is 0 Å². The smallest absolute Gasteiger partial charge is 0.238 e. The summed E-state index contributed by atoms with van der Waals surface area (Å²) in [4.78, 5) is 15.6. The van der Waals surface area contributed by atoms with E-state index in [1.807, 2.05) is 29.3 Å². The van der Waals surface area contributed by atoms with E-state index in [-0.39, 0.29) is 17.3 Å². The summed E-state index contributed by atoms with van der Waals surface area (Å²) in [5.41, 5.74) is 0.326. The minimum Gasteiger partial charge on any atom is -0.324 e. The average Bonchev–Trinajstić information content (AvgIpc) is 2.99. The minimum absolute atomic E-state index is 0.134. The van der Waals surface area contributed by atoms with E-state index in [1.165, 1.54) is 10.9 Å². The molecule has 124 valence electrons. The van der Waals surface area contributed by atoms with Crippen molar-refractivity contribution in [2.75, 3.05) is 24.7 Å². The van der Waals surface area contributed by atoms with E-state index < -0.39 is 9.84 Å². The third kappa shape index (κ3) is 5.16. The second-order valence-corrected chi connectivity index (χ2v) is 8.22. The summed E-state index contributed by atoms with van der Waals surface area (Å²) in [6.45, 7) is 3.65. The fourth-order valence-electron chi connectivity index (χ4n) is 2.19. The normalized spacial score (nSPS) is 11.6. The van der Waals surface area contributed by atoms with Crippen molar-refractivity contribution in [3.63, 3.8) is 0 Å². The zero-order valence-corrected chi connectivity index (χ0v) is 14.8. The van der Waals surface area contributed by atoms with Crippen molar-refractivity contribution < 1.29 is 13.2 Å². The first-order valence-electron chi connectivity index (χ1n) is 7.24. The molecule has 0 radical (unpaired) electrons. The zero-order valence-electron chi connectivity index (χ0n) is 13.2. The second-order valence-electron chi connectivity index (χ2n) is 5.20. The molecule has 0 unspecified atom stereocenters. The van der Waals surface area contributed by atoms with Crippen LogP contribution in [0, 0.1) is 0 Å². The first kappa shape index (κ1) is 17.7. The van der Waals surface area contributed by atoms with Gasteiger partial charge >= 0.3 is 0 Å². The highest BCUT2D eigenvalue weighted by molar-refractivity contribution is 7.90. The first-order chi connectivity index (χ1) is 10.9. The number of hydrogen-bond acceptors (Lipinski definition) is 5. The van der Waals surface area contributed by atoms with Gasteiger partial charge in [0.1, 0.15) is 0 Å². The quantitative estimate of drug-likeness (QED) is 0.832. The predicted molar refractivity (Wildman–Crippen MR) is 93.5 cm³/mol. The number of thiophene rings is 1. The number of nitrogens with zero attached hydrogens (tertiary/aromatic N) is 1. The summed E-state index contributed by atoms with van der Waals surface area (Å²) in [6, 6.07) is 10.5. The standard InChI is InChI=1S/C16H20N2O3S2/c1-3-18(11-13-7-6-10-22-13)12-16(19)17-14-8-4-5-9-15(14)23(2,20)21/h4-10H,3,11-12H2,1-2H3,(H,17,19). The van der Waals surface area contributed by atoms with Gasteiger partial charge < -0.3 is 5.32 Å². The number of carbonyl (C=O) groups excluding carboxylic acids is 1. The van der Waals surface area contributed by atoms with Gasteiger partial charge in [-0.15, -0.1) is 11.3 Å². The summed E-state index contributed by atoms with van der Waals surface area (Å²) >= 11 is 1.65. The van der Waals surface area contributed by atoms with Gasteiger partial charge in [-0.05, 0) is 30.1 Å². The van der Waals surface area contributed by atoms with Crippen LogP contribution in [0.5, 0.6) is 0 Å². The van der Waals surface area contributed by atoms with Crippen LogP contribution < -0.4 is 5.32 Å². The molecule has 0 fully saturated rings. The molecule has 23 heavy (non-hydrogen) atoms. The van der Waals surface area contributed by atoms with Crippen molar-refractivity contribution in [1.29, 1.82) is 0 Å². The fourth-order valence-corrected chi connectivity index (χ4v) is 3.78. The van der Waals surface area contributed by atoms with Gasteiger partial charge in [0, 0.05) is 17.7 Å². The third-order valence-corrected chi connectivity index (χ3v) is 5.35. The molecule has 0 atom stereocenters. The predicted octanol–water partition coefficient (Wildman–Crippen LogP) is 2.61. The Bertz CT molecular complexity index is 755. The van der Waals surface area contributed by atoms with Crippen LogP contribution in [-0.2, 0) is 21.2 Å². The lowest BCUT2D eigenvalue weighted by molar-refractivity contribution is -0.117. The highest BCUT2D eigenvalue weighted by atomic mass is 32.2. The Labute approximate surface area is 140 Å². The lowest BCUT2D eigenvalue weighted by atomic mass is 10.3. The fraction of sp³-hybridized carbons (Fsp3) is 0.312. The van der Waals surface area contributed by atoms with Crippen molar-refractivity contribution in [3.8, 4) is 0 Å². The molecule has 1 N–H and O–H groups in total. The molecule has 7 heteroatoms. The molecule has 0 aliphatic rings. The topological polar surface area (TPSA) is 66.5 Å². The molecular weight excluding hydrogens is 332 g/mol. The van der Waals surface area contributed by atoms with Gasteiger partial charge in [0.2, 0.25) is 5.91 Å². The number of sulfone groups is 1. The van der Waals surface area contributed by atoms with Gasteiger partial charge in [-0.2, -0.15) is 0 Å². The number of benzene rings is 1. The summed E-state index contributed by atoms with van der Waals surface area (Å²) in [5.74, 6) is -0.223. The molecule has 0 aliphatic heterocycles. The van der Waals surface area contributed by atoms with E-state index in [0.717, 1.165) is 12.8 Å². The van der Waals surface area contributed by atoms with E-state index in [1.54, 1.807) is 29.5 Å². The van der Waals surface area contributed by atoms with Gasteiger partial charge in [-0.1, -0.05) is 25.1 Å². The van der Waals surface area contributed by atoms with Crippen LogP contribution in [0.4, 0.5) is 5.69 Å². The Morgan fingerprint density at radius 2 is 1.96 bits per heavy atom. The Morgan fingerprint density at radius 3 is 2.57 bits per heavy atom. The van der Waals surface area contributed by atoms with E-state index in [0.29, 0.717) is 12.2 Å². The lowest BCUT2D eigenvalue weighted by Crippen LogP contribution is -2.32. The largest absolute Gasteiger partial charge is 0.324 e. The summed E-state index contributed by atoms with van der Waals surface area (Å²) in [6.07, 6.45) is 1.13. The molecular formula is C16H20N2O3S2. The summed E-state index contributed by atoms with van der Waals surface area (Å²) in [5, 5.41) is 4.71. The molecule has 0 saturated carbocycles. The zero-order chi connectivity index (χ0) is 16.9. The van der Waals surface area contributed by atoms with Crippen LogP contribution >= 0.6 is 11.3 Å². The van der Waals surface area contributed by atoms with E-state index in [4.69, 9.17) is 0 Å². The maximum Gasteiger partial charge on any atom is 0.238 e. The third-order valence-electron chi connectivity index (χ3n) is 3.33. The Kier molecular flexibility index (Phi) is 5.92. The molecule has 2 rings (SSSR count). The Hall–Kier alpha value is -1.70. The molecule has 0 bridgehead atoms. The first-order valence-corrected chi connectivity index (χ1v) is 10.0. The molecule has 2 aromatic rings. The SMILES string of the molecule is CCN(CC(=O)Nc1ccccc1S(C)(=O)=O)Cc1cccs1. The number of amides is 1. The molecule has 5 nitrogen and oxygen atoms in total. The van der Waals surface area contributed by atoms with Crippen molar-refractivity contribution in [2.45, 2.75) is 18.4 Å². The number of rotatable bonds is 7. The van der Waals surface area contributed by atoms with Gasteiger partial charge in [0.25, 0.3) is 0 Å². The van der Waals surface area contributed by atoms with Crippen LogP contribution in [0.1, 0.15) is 11.8 Å². The molecule has 1 amide bonds. The van der Waals surface area contributed by atoms with Crippen LogP contribution in [0.2, 0.25) is 0 Å². The van der Waals surface area contributed by atoms with Gasteiger partial charge in [-0.3, -0.25) is 9.69 Å². The number of anilines is 1. The van der Waals surface area contributed by atoms with Crippen LogP contribution in [0.3, 0.4) is 0 Å². The number of carbonyl (C=O) groups is 1. The maximum atomic E-state index is 12.2. The number of hydrogen-bond donors (Lipinski definition) is 1. The van der Waals surface area contributed by atoms with Crippen molar-refractivity contribution >= 4 is 32.8 Å².